The lowest BCUT2D eigenvalue weighted by Gasteiger charge is -2.77. The van der Waals surface area contributed by atoms with E-state index in [0.717, 1.165) is 41.7 Å². The first-order chi connectivity index (χ1) is 28.4. The largest absolute Gasteiger partial charge is 0.472 e. The summed E-state index contributed by atoms with van der Waals surface area (Å²) in [6, 6.07) is 1.51. The van der Waals surface area contributed by atoms with Crippen LogP contribution in [0.3, 0.4) is 0 Å². The molecule has 6 aliphatic rings. The minimum absolute atomic E-state index is 0.0160. The van der Waals surface area contributed by atoms with Crippen LogP contribution in [-0.2, 0) is 76.2 Å². The molecule has 2 saturated heterocycles. The molecule has 2 aliphatic heterocycles. The highest BCUT2D eigenvalue weighted by Crippen LogP contribution is 2.87. The third-order valence-corrected chi connectivity index (χ3v) is 15.0. The Morgan fingerprint density at radius 2 is 1.54 bits per heavy atom. The predicted molar refractivity (Wildman–Crippen MR) is 199 cm³/mol. The minimum atomic E-state index is -2.99. The van der Waals surface area contributed by atoms with Crippen molar-refractivity contribution in [2.24, 2.45) is 28.1 Å². The molecular formula is C42H54O19. The van der Waals surface area contributed by atoms with E-state index in [0.29, 0.717) is 0 Å². The van der Waals surface area contributed by atoms with Gasteiger partial charge in [-0.05, 0) is 24.8 Å². The number of rotatable bonds is 13. The Morgan fingerprint density at radius 3 is 2.07 bits per heavy atom. The fourth-order valence-corrected chi connectivity index (χ4v) is 13.3. The van der Waals surface area contributed by atoms with Gasteiger partial charge in [0.15, 0.2) is 24.1 Å². The van der Waals surface area contributed by atoms with Crippen molar-refractivity contribution in [3.8, 4) is 0 Å². The Balaban J connectivity index is 1.73. The second-order valence-corrected chi connectivity index (χ2v) is 17.9. The van der Waals surface area contributed by atoms with Gasteiger partial charge in [0.1, 0.15) is 35.6 Å². The molecule has 0 radical (unpaired) electrons. The topological polar surface area (TPSA) is 256 Å². The second-order valence-electron chi connectivity index (χ2n) is 17.9. The van der Waals surface area contributed by atoms with Gasteiger partial charge >= 0.3 is 41.8 Å². The van der Waals surface area contributed by atoms with Crippen LogP contribution in [0.15, 0.2) is 23.0 Å². The number of carbonyl (C=O) groups excluding carboxylic acids is 7. The first kappa shape index (κ1) is 44.5. The van der Waals surface area contributed by atoms with Crippen LogP contribution < -0.4 is 0 Å². The molecule has 61 heavy (non-hydrogen) atoms. The lowest BCUT2D eigenvalue weighted by Crippen LogP contribution is -2.97. The van der Waals surface area contributed by atoms with E-state index in [-0.39, 0.29) is 24.8 Å². The summed E-state index contributed by atoms with van der Waals surface area (Å²) in [5, 5.41) is 29.0. The van der Waals surface area contributed by atoms with E-state index >= 15 is 0 Å². The summed E-state index contributed by atoms with van der Waals surface area (Å²) in [5.74, 6) is -10.9. The molecule has 4 saturated carbocycles. The molecule has 4 bridgehead atoms. The molecule has 2 N–H and O–H groups in total. The van der Waals surface area contributed by atoms with Gasteiger partial charge in [-0.2, -0.15) is 0 Å². The Morgan fingerprint density at radius 1 is 0.869 bits per heavy atom. The van der Waals surface area contributed by atoms with Crippen molar-refractivity contribution in [3.63, 3.8) is 0 Å². The highest BCUT2D eigenvalue weighted by Gasteiger charge is 3.05. The van der Waals surface area contributed by atoms with Crippen LogP contribution in [0.25, 0.3) is 0 Å². The Hall–Kier alpha value is -4.59. The summed E-state index contributed by atoms with van der Waals surface area (Å²) in [5.41, 5.74) is -16.6. The highest BCUT2D eigenvalue weighted by atomic mass is 16.8. The zero-order valence-electron chi connectivity index (χ0n) is 35.9. The second kappa shape index (κ2) is 14.2. The summed E-state index contributed by atoms with van der Waals surface area (Å²) in [6.07, 6.45) is -7.87. The number of esters is 7. The third-order valence-electron chi connectivity index (χ3n) is 15.0. The maximum Gasteiger partial charge on any atom is 0.305 e. The van der Waals surface area contributed by atoms with Crippen molar-refractivity contribution in [1.82, 2.24) is 0 Å². The van der Waals surface area contributed by atoms with Crippen LogP contribution in [0.2, 0.25) is 0 Å². The number of furan rings is 1. The van der Waals surface area contributed by atoms with Crippen LogP contribution in [0, 0.1) is 28.1 Å². The summed E-state index contributed by atoms with van der Waals surface area (Å²) in [6.45, 7) is 10.8. The van der Waals surface area contributed by atoms with Crippen LogP contribution in [0.4, 0.5) is 0 Å². The summed E-state index contributed by atoms with van der Waals surface area (Å²) in [4.78, 5) is 94.6. The SMILES string of the molecule is CCC(=O)O[C@H]1[C@@H](OC(C)=O)[C@@]2(O)[C@@]34O[C@@](CC)(C[C@@H]3[C@]1(C)[C@@H](OC(C)=O)c1ccoc1)O[C@@H]4[C@@]1(OC(C)=O)[C@@H](OC(C)=O)[C@]3(C)C[C@@]1(O)[C@@]2(COC(C)=O)[C@H]3CC(=O)OC. The van der Waals surface area contributed by atoms with Crippen molar-refractivity contribution in [2.45, 2.75) is 153 Å². The van der Waals surface area contributed by atoms with E-state index in [1.54, 1.807) is 20.8 Å². The average Bonchev–Trinajstić information content (AvgIpc) is 3.98. The first-order valence-electron chi connectivity index (χ1n) is 20.4. The molecule has 336 valence electrons. The van der Waals surface area contributed by atoms with Gasteiger partial charge in [-0.3, -0.25) is 33.6 Å². The van der Waals surface area contributed by atoms with Gasteiger partial charge in [0.25, 0.3) is 0 Å². The van der Waals surface area contributed by atoms with Gasteiger partial charge in [-0.15, -0.1) is 0 Å². The number of aliphatic hydroxyl groups is 2. The number of ether oxygens (including phenoxy) is 9. The number of carbonyl (C=O) groups is 7. The quantitative estimate of drug-likeness (QED) is 0.213. The van der Waals surface area contributed by atoms with E-state index < -0.39 is 148 Å². The predicted octanol–water partition coefficient (Wildman–Crippen LogP) is 2.30. The molecule has 0 unspecified atom stereocenters. The van der Waals surface area contributed by atoms with E-state index in [1.807, 2.05) is 0 Å². The zero-order chi connectivity index (χ0) is 45.1. The lowest BCUT2D eigenvalue weighted by atomic mass is 9.32. The molecule has 0 aromatic carbocycles. The fraction of sp³-hybridized carbons (Fsp3) is 0.738. The Kier molecular flexibility index (Phi) is 10.4. The molecule has 15 atom stereocenters. The summed E-state index contributed by atoms with van der Waals surface area (Å²) >= 11 is 0. The molecule has 1 aromatic rings. The van der Waals surface area contributed by atoms with Gasteiger partial charge in [-0.1, -0.05) is 27.7 Å². The lowest BCUT2D eigenvalue weighted by molar-refractivity contribution is -0.447. The van der Waals surface area contributed by atoms with Gasteiger partial charge in [0.05, 0.1) is 30.5 Å². The molecule has 3 heterocycles. The summed E-state index contributed by atoms with van der Waals surface area (Å²) in [7, 11) is 1.11. The van der Waals surface area contributed by atoms with E-state index in [2.05, 4.69) is 0 Å². The van der Waals surface area contributed by atoms with Crippen molar-refractivity contribution in [1.29, 1.82) is 0 Å². The third kappa shape index (κ3) is 5.32. The summed E-state index contributed by atoms with van der Waals surface area (Å²) < 4.78 is 62.0. The fourth-order valence-electron chi connectivity index (χ4n) is 13.3. The van der Waals surface area contributed by atoms with Gasteiger partial charge in [0, 0.05) is 70.8 Å². The molecule has 19 heteroatoms. The molecule has 19 nitrogen and oxygen atoms in total. The first-order valence-corrected chi connectivity index (χ1v) is 20.4. The van der Waals surface area contributed by atoms with Crippen molar-refractivity contribution < 1.29 is 90.8 Å². The van der Waals surface area contributed by atoms with Crippen LogP contribution in [0.1, 0.15) is 106 Å². The molecule has 0 amide bonds. The molecule has 7 rings (SSSR count). The Labute approximate surface area is 351 Å². The molecule has 1 spiro atoms. The number of hydrogen-bond donors (Lipinski definition) is 2. The monoisotopic (exact) mass is 862 g/mol. The molecule has 6 fully saturated rings. The van der Waals surface area contributed by atoms with Crippen molar-refractivity contribution >= 4 is 41.8 Å². The Bertz CT molecular complexity index is 2030. The standard InChI is InChI=1S/C42H54O19/c1-11-28(48)58-31-32(56-22(5)45)42(51)38(19-54-20(3)43)26(15-29(49)52-10)35(8)18-39(38,50)41(59-24(7)47,33(35)57-23(6)46)34-40(42)27(16-37(12-2,60-34)61-40)36(31,9)30(55-21(4)44)25-13-14-53-17-25/h13-14,17,26-27,30-34,50-51H,11-12,15-16,18-19H2,1-10H3/t26-,27+,30-,31-,32+,33-,34-,35+,36+,37-,38+,39+,40+,41-,42-/m0/s1. The number of hydrogen-bond acceptors (Lipinski definition) is 19. The van der Waals surface area contributed by atoms with Crippen LogP contribution in [-0.4, -0.2) is 118 Å². The van der Waals surface area contributed by atoms with Crippen LogP contribution >= 0.6 is 0 Å². The van der Waals surface area contributed by atoms with Crippen molar-refractivity contribution in [3.05, 3.63) is 24.2 Å². The highest BCUT2D eigenvalue weighted by molar-refractivity contribution is 5.74. The van der Waals surface area contributed by atoms with Crippen molar-refractivity contribution in [2.75, 3.05) is 13.7 Å². The molecular weight excluding hydrogens is 808 g/mol. The number of fused-ring (bicyclic) bond motifs is 4. The maximum atomic E-state index is 14.8. The van der Waals surface area contributed by atoms with E-state index in [4.69, 9.17) is 47.0 Å². The smallest absolute Gasteiger partial charge is 0.305 e. The molecule has 1 aromatic heterocycles. The molecule has 4 aliphatic carbocycles. The van der Waals surface area contributed by atoms with Gasteiger partial charge in [-0.25, -0.2) is 0 Å². The van der Waals surface area contributed by atoms with Gasteiger partial charge in [0.2, 0.25) is 5.60 Å². The normalized spacial score (nSPS) is 43.7. The van der Waals surface area contributed by atoms with E-state index in [9.17, 15) is 43.8 Å². The minimum Gasteiger partial charge on any atom is -0.472 e. The maximum absolute atomic E-state index is 14.8. The van der Waals surface area contributed by atoms with Gasteiger partial charge < -0.3 is 57.3 Å². The number of methoxy groups -OCH3 is 1. The zero-order valence-corrected chi connectivity index (χ0v) is 35.9. The van der Waals surface area contributed by atoms with Crippen LogP contribution in [0.5, 0.6) is 0 Å². The average molecular weight is 863 g/mol. The van der Waals surface area contributed by atoms with E-state index in [1.165, 1.54) is 25.5 Å².